The number of hydrogen-bond donors (Lipinski definition) is 3. The first-order valence-electron chi connectivity index (χ1n) is 5.23. The van der Waals surface area contributed by atoms with E-state index in [1.54, 1.807) is 0 Å². The monoisotopic (exact) mass is 237 g/mol. The summed E-state index contributed by atoms with van der Waals surface area (Å²) in [5.41, 5.74) is 5.44. The van der Waals surface area contributed by atoms with E-state index < -0.39 is 0 Å². The average Bonchev–Trinajstić information content (AvgIpc) is 2.56. The molecule has 7 nitrogen and oxygen atoms in total. The van der Waals surface area contributed by atoms with Crippen LogP contribution in [0.4, 0.5) is 5.95 Å². The lowest BCUT2D eigenvalue weighted by Crippen LogP contribution is -2.19. The number of H-pyrrole nitrogens is 2. The molecule has 2 aromatic rings. The first-order chi connectivity index (χ1) is 7.85. The van der Waals surface area contributed by atoms with Crippen LogP contribution in [0.2, 0.25) is 0 Å². The average molecular weight is 237 g/mol. The molecule has 7 heteroatoms. The van der Waals surface area contributed by atoms with Crippen molar-refractivity contribution in [2.75, 3.05) is 5.73 Å². The van der Waals surface area contributed by atoms with Gasteiger partial charge in [0.25, 0.3) is 5.56 Å². The minimum absolute atomic E-state index is 0.0530. The number of anilines is 1. The number of nitrogens with two attached hydrogens (primary N) is 1. The van der Waals surface area contributed by atoms with E-state index in [1.807, 2.05) is 20.8 Å². The zero-order chi connectivity index (χ0) is 12.6. The Labute approximate surface area is 97.4 Å². The highest BCUT2D eigenvalue weighted by Gasteiger charge is 2.13. The Balaban J connectivity index is 2.32. The van der Waals surface area contributed by atoms with Crippen molar-refractivity contribution >= 4 is 17.1 Å². The highest BCUT2D eigenvalue weighted by atomic mass is 16.5. The van der Waals surface area contributed by atoms with Gasteiger partial charge >= 0.3 is 0 Å². The minimum atomic E-state index is -0.331. The van der Waals surface area contributed by atoms with Crippen LogP contribution >= 0.6 is 0 Å². The second kappa shape index (κ2) is 3.85. The molecule has 0 aromatic carbocycles. The Bertz CT molecular complexity index is 593. The van der Waals surface area contributed by atoms with Crippen LogP contribution in [0, 0.1) is 0 Å². The van der Waals surface area contributed by atoms with Gasteiger partial charge in [0.05, 0.1) is 5.60 Å². The fourth-order valence-electron chi connectivity index (χ4n) is 1.33. The third kappa shape index (κ3) is 2.62. The van der Waals surface area contributed by atoms with Crippen LogP contribution < -0.4 is 11.3 Å². The lowest BCUT2D eigenvalue weighted by Gasteiger charge is -2.18. The standard InChI is InChI=1S/C10H15N5O2/c1-10(2,3)17-4-5-12-6-7(13-5)14-9(11)15-8(6)16/h4H2,1-3H3,(H4,11,12,13,14,15,16). The maximum atomic E-state index is 11.5. The van der Waals surface area contributed by atoms with Crippen LogP contribution in [0.25, 0.3) is 11.2 Å². The van der Waals surface area contributed by atoms with E-state index in [2.05, 4.69) is 19.9 Å². The second-order valence-corrected chi connectivity index (χ2v) is 4.73. The summed E-state index contributed by atoms with van der Waals surface area (Å²) >= 11 is 0. The number of aromatic nitrogens is 4. The van der Waals surface area contributed by atoms with Crippen molar-refractivity contribution in [2.24, 2.45) is 0 Å². The second-order valence-electron chi connectivity index (χ2n) is 4.73. The lowest BCUT2D eigenvalue weighted by atomic mass is 10.2. The Kier molecular flexibility index (Phi) is 2.62. The fourth-order valence-corrected chi connectivity index (χ4v) is 1.33. The summed E-state index contributed by atoms with van der Waals surface area (Å²) in [6.07, 6.45) is 0. The third-order valence-corrected chi connectivity index (χ3v) is 2.07. The SMILES string of the molecule is CC(C)(C)OCc1nc2nc(N)[nH]c(=O)c2[nH]1. The van der Waals surface area contributed by atoms with Crippen LogP contribution in [0.1, 0.15) is 26.6 Å². The van der Waals surface area contributed by atoms with Crippen molar-refractivity contribution in [3.05, 3.63) is 16.2 Å². The molecule has 2 aromatic heterocycles. The van der Waals surface area contributed by atoms with Crippen molar-refractivity contribution in [3.63, 3.8) is 0 Å². The number of fused-ring (bicyclic) bond motifs is 1. The van der Waals surface area contributed by atoms with Gasteiger partial charge < -0.3 is 15.5 Å². The van der Waals surface area contributed by atoms with Crippen molar-refractivity contribution in [2.45, 2.75) is 33.0 Å². The molecular formula is C10H15N5O2. The number of nitrogens with one attached hydrogen (secondary N) is 2. The Morgan fingerprint density at radius 3 is 2.65 bits per heavy atom. The van der Waals surface area contributed by atoms with Crippen LogP contribution in [-0.2, 0) is 11.3 Å². The first-order valence-corrected chi connectivity index (χ1v) is 5.23. The van der Waals surface area contributed by atoms with Gasteiger partial charge in [0.15, 0.2) is 11.2 Å². The van der Waals surface area contributed by atoms with E-state index >= 15 is 0 Å². The van der Waals surface area contributed by atoms with Crippen LogP contribution in [0.3, 0.4) is 0 Å². The summed E-state index contributed by atoms with van der Waals surface area (Å²) in [6, 6.07) is 0. The normalized spacial score (nSPS) is 12.2. The summed E-state index contributed by atoms with van der Waals surface area (Å²) in [6.45, 7) is 6.12. The smallest absolute Gasteiger partial charge is 0.278 e. The van der Waals surface area contributed by atoms with E-state index in [-0.39, 0.29) is 17.1 Å². The van der Waals surface area contributed by atoms with Gasteiger partial charge in [-0.3, -0.25) is 9.78 Å². The molecule has 17 heavy (non-hydrogen) atoms. The lowest BCUT2D eigenvalue weighted by molar-refractivity contribution is -0.0177. The Morgan fingerprint density at radius 2 is 2.00 bits per heavy atom. The van der Waals surface area contributed by atoms with Gasteiger partial charge in [0.1, 0.15) is 12.4 Å². The molecule has 2 rings (SSSR count). The maximum Gasteiger partial charge on any atom is 0.278 e. The molecule has 0 spiro atoms. The number of hydrogen-bond acceptors (Lipinski definition) is 5. The first kappa shape index (κ1) is 11.6. The zero-order valence-corrected chi connectivity index (χ0v) is 10.00. The topological polar surface area (TPSA) is 110 Å². The predicted molar refractivity (Wildman–Crippen MR) is 63.5 cm³/mol. The zero-order valence-electron chi connectivity index (χ0n) is 10.00. The largest absolute Gasteiger partial charge is 0.369 e. The minimum Gasteiger partial charge on any atom is -0.369 e. The van der Waals surface area contributed by atoms with Gasteiger partial charge in [-0.15, -0.1) is 0 Å². The fraction of sp³-hybridized carbons (Fsp3) is 0.500. The number of rotatable bonds is 2. The Morgan fingerprint density at radius 1 is 1.29 bits per heavy atom. The van der Waals surface area contributed by atoms with E-state index in [0.29, 0.717) is 23.6 Å². The van der Waals surface area contributed by atoms with Crippen molar-refractivity contribution < 1.29 is 4.74 Å². The highest BCUT2D eigenvalue weighted by molar-refractivity contribution is 5.70. The van der Waals surface area contributed by atoms with Crippen LogP contribution in [0.15, 0.2) is 4.79 Å². The summed E-state index contributed by atoms with van der Waals surface area (Å²) < 4.78 is 5.55. The highest BCUT2D eigenvalue weighted by Crippen LogP contribution is 2.11. The molecule has 0 aliphatic rings. The summed E-state index contributed by atoms with van der Waals surface area (Å²) in [4.78, 5) is 24.9. The predicted octanol–water partition coefficient (Wildman–Crippen LogP) is 0.543. The third-order valence-electron chi connectivity index (χ3n) is 2.07. The van der Waals surface area contributed by atoms with E-state index in [0.717, 1.165) is 0 Å². The summed E-state index contributed by atoms with van der Waals surface area (Å²) in [7, 11) is 0. The summed E-state index contributed by atoms with van der Waals surface area (Å²) in [5, 5.41) is 0. The number of nitrogens with zero attached hydrogens (tertiary/aromatic N) is 2. The quantitative estimate of drug-likeness (QED) is 0.706. The Hall–Kier alpha value is -1.89. The molecule has 0 fully saturated rings. The molecule has 0 aliphatic heterocycles. The van der Waals surface area contributed by atoms with Crippen LogP contribution in [-0.4, -0.2) is 25.5 Å². The van der Waals surface area contributed by atoms with Gasteiger partial charge in [0, 0.05) is 0 Å². The molecule has 0 amide bonds. The van der Waals surface area contributed by atoms with Gasteiger partial charge in [0.2, 0.25) is 5.95 Å². The molecule has 2 heterocycles. The van der Waals surface area contributed by atoms with E-state index in [9.17, 15) is 4.79 Å². The number of nitrogen functional groups attached to an aromatic ring is 1. The molecule has 92 valence electrons. The van der Waals surface area contributed by atoms with Crippen LogP contribution in [0.5, 0.6) is 0 Å². The molecule has 0 saturated heterocycles. The molecule has 0 bridgehead atoms. The van der Waals surface area contributed by atoms with Crippen molar-refractivity contribution in [1.82, 2.24) is 19.9 Å². The molecular weight excluding hydrogens is 222 g/mol. The number of imidazole rings is 1. The molecule has 0 saturated carbocycles. The van der Waals surface area contributed by atoms with Gasteiger partial charge in [-0.2, -0.15) is 4.98 Å². The van der Waals surface area contributed by atoms with E-state index in [1.165, 1.54) is 0 Å². The van der Waals surface area contributed by atoms with Gasteiger partial charge in [-0.25, -0.2) is 4.98 Å². The van der Waals surface area contributed by atoms with Crippen molar-refractivity contribution in [1.29, 1.82) is 0 Å². The summed E-state index contributed by atoms with van der Waals surface area (Å²) in [5.74, 6) is 0.607. The molecule has 0 unspecified atom stereocenters. The molecule has 4 N–H and O–H groups in total. The van der Waals surface area contributed by atoms with Gasteiger partial charge in [-0.1, -0.05) is 0 Å². The van der Waals surface area contributed by atoms with E-state index in [4.69, 9.17) is 10.5 Å². The number of ether oxygens (including phenoxy) is 1. The molecule has 0 aliphatic carbocycles. The van der Waals surface area contributed by atoms with Crippen molar-refractivity contribution in [3.8, 4) is 0 Å². The molecule has 0 atom stereocenters. The van der Waals surface area contributed by atoms with Gasteiger partial charge in [-0.05, 0) is 20.8 Å². The molecule has 0 radical (unpaired) electrons. The maximum absolute atomic E-state index is 11.5. The number of aromatic amines is 2.